The van der Waals surface area contributed by atoms with E-state index in [1.165, 1.54) is 26.4 Å². The quantitative estimate of drug-likeness (QED) is 0.0938. The van der Waals surface area contributed by atoms with Crippen molar-refractivity contribution < 1.29 is 41.0 Å². The second-order valence-electron chi connectivity index (χ2n) is 14.4. The topological polar surface area (TPSA) is 146 Å². The van der Waals surface area contributed by atoms with Crippen LogP contribution in [0.25, 0.3) is 0 Å². The van der Waals surface area contributed by atoms with Gasteiger partial charge >= 0.3 is 0 Å². The minimum absolute atomic E-state index is 0.0592. The van der Waals surface area contributed by atoms with Crippen molar-refractivity contribution in [2.24, 2.45) is 0 Å². The zero-order valence-corrected chi connectivity index (χ0v) is 39.9. The Morgan fingerprint density at radius 2 is 1.15 bits per heavy atom. The number of benzene rings is 1. The second kappa shape index (κ2) is 26.9. The molecule has 15 nitrogen and oxygen atoms in total. The molecule has 1 N–H and O–H groups in total. The molecule has 0 spiro atoms. The molecule has 2 aliphatic heterocycles. The smallest absolute Gasteiger partial charge is 0.297 e. The van der Waals surface area contributed by atoms with Gasteiger partial charge in [-0.05, 0) is 71.0 Å². The highest BCUT2D eigenvalue weighted by molar-refractivity contribution is 9.10. The Balaban J connectivity index is 0.000000243. The second-order valence-corrected chi connectivity index (χ2v) is 17.9. The number of nitrogens with one attached hydrogen (secondary N) is 1. The van der Waals surface area contributed by atoms with E-state index in [4.69, 9.17) is 32.6 Å². The number of aromatic nitrogens is 2. The molecule has 2 aromatic heterocycles. The lowest BCUT2D eigenvalue weighted by Crippen LogP contribution is -2.57. The maximum atomic E-state index is 11.8. The van der Waals surface area contributed by atoms with E-state index < -0.39 is 16.4 Å². The lowest BCUT2D eigenvalue weighted by atomic mass is 10.1. The van der Waals surface area contributed by atoms with Crippen molar-refractivity contribution in [2.75, 3.05) is 104 Å². The number of pyridine rings is 2. The van der Waals surface area contributed by atoms with Crippen molar-refractivity contribution in [3.63, 3.8) is 0 Å². The Bertz CT molecular complexity index is 1710. The van der Waals surface area contributed by atoms with Crippen molar-refractivity contribution >= 4 is 53.6 Å². The fourth-order valence-corrected chi connectivity index (χ4v) is 8.14. The standard InChI is InChI=1S/C17H28BrN3O3.C13H20O6S.C11H16BrN3/c1-13-10-20(16-9-15(18)5-6-19-16)11-14(2)21(13)7-8-24-12-17(22-3)23-4;1-11-4-6-12(7-5-11)20(14,15)19-9-8-18-10-13(16-2)17-3;1-8-6-15(7-9(2)14-8)11-5-10(12)3-4-13-11/h5-6,9,13-14,17H,7-8,10-12H2,1-4H3;4-7,13H,8-10H2,1-3H3;3-5,8-9,14H,6-7H2,1-2H3/t13-,14+;;8-,9+. The molecule has 0 unspecified atom stereocenters. The Morgan fingerprint density at radius 3 is 1.61 bits per heavy atom. The summed E-state index contributed by atoms with van der Waals surface area (Å²) in [6.45, 7) is 17.1. The van der Waals surface area contributed by atoms with E-state index in [0.717, 1.165) is 58.9 Å². The summed E-state index contributed by atoms with van der Waals surface area (Å²) in [4.78, 5) is 16.2. The first kappa shape index (κ1) is 51.0. The summed E-state index contributed by atoms with van der Waals surface area (Å²) in [7, 11) is 2.50. The third-order valence-electron chi connectivity index (χ3n) is 9.55. The molecule has 0 bridgehead atoms. The van der Waals surface area contributed by atoms with Crippen LogP contribution in [-0.4, -0.2) is 154 Å². The zero-order chi connectivity index (χ0) is 43.4. The number of rotatable bonds is 18. The van der Waals surface area contributed by atoms with Crippen molar-refractivity contribution in [1.82, 2.24) is 20.2 Å². The van der Waals surface area contributed by atoms with Gasteiger partial charge in [0.15, 0.2) is 12.6 Å². The number of hydrogen-bond donors (Lipinski definition) is 1. The molecule has 332 valence electrons. The lowest BCUT2D eigenvalue weighted by molar-refractivity contribution is -0.141. The lowest BCUT2D eigenvalue weighted by Gasteiger charge is -2.45. The van der Waals surface area contributed by atoms with Gasteiger partial charge in [-0.15, -0.1) is 0 Å². The number of methoxy groups -OCH3 is 4. The SMILES string of the molecule is COC(COCCN1[C@H](C)CN(c2cc(Br)ccn2)C[C@@H]1C)OC.COC(COCCOS(=O)(=O)c1ccc(C)cc1)OC.C[C@@H]1CN(c2cc(Br)ccn2)C[C@H](C)N1. The molecule has 0 radical (unpaired) electrons. The summed E-state index contributed by atoms with van der Waals surface area (Å²) in [5, 5.41) is 3.51. The molecular formula is C41H64Br2N6O9S. The van der Waals surface area contributed by atoms with Crippen molar-refractivity contribution in [2.45, 2.75) is 76.3 Å². The van der Waals surface area contributed by atoms with Crippen LogP contribution in [0.3, 0.4) is 0 Å². The molecule has 4 atom stereocenters. The van der Waals surface area contributed by atoms with E-state index in [-0.39, 0.29) is 31.0 Å². The molecule has 0 saturated carbocycles. The number of anilines is 2. The first-order valence-electron chi connectivity index (χ1n) is 19.7. The van der Waals surface area contributed by atoms with Crippen LogP contribution in [0.2, 0.25) is 0 Å². The number of aryl methyl sites for hydroxylation is 1. The van der Waals surface area contributed by atoms with Gasteiger partial charge in [0, 0.05) is 107 Å². The molecule has 59 heavy (non-hydrogen) atoms. The zero-order valence-electron chi connectivity index (χ0n) is 35.9. The molecule has 0 amide bonds. The minimum atomic E-state index is -3.73. The van der Waals surface area contributed by atoms with E-state index in [0.29, 0.717) is 37.4 Å². The van der Waals surface area contributed by atoms with Gasteiger partial charge in [0.2, 0.25) is 0 Å². The van der Waals surface area contributed by atoms with Crippen LogP contribution in [-0.2, 0) is 42.7 Å². The normalized spacial score (nSPS) is 19.9. The number of ether oxygens (including phenoxy) is 6. The van der Waals surface area contributed by atoms with Crippen LogP contribution in [0.5, 0.6) is 0 Å². The third kappa shape index (κ3) is 18.3. The number of nitrogens with zero attached hydrogens (tertiary/aromatic N) is 5. The average molecular weight is 977 g/mol. The summed E-state index contributed by atoms with van der Waals surface area (Å²) in [5.41, 5.74) is 0.984. The molecule has 4 heterocycles. The highest BCUT2D eigenvalue weighted by Gasteiger charge is 2.30. The fraction of sp³-hybridized carbons (Fsp3) is 0.610. The molecule has 5 rings (SSSR count). The van der Waals surface area contributed by atoms with Gasteiger partial charge in [0.1, 0.15) is 11.6 Å². The summed E-state index contributed by atoms with van der Waals surface area (Å²) in [6, 6.07) is 16.5. The fourth-order valence-electron chi connectivity index (χ4n) is 6.60. The summed E-state index contributed by atoms with van der Waals surface area (Å²) < 4.78 is 61.6. The third-order valence-corrected chi connectivity index (χ3v) is 11.9. The molecule has 0 aliphatic carbocycles. The first-order chi connectivity index (χ1) is 28.2. The van der Waals surface area contributed by atoms with Crippen molar-refractivity contribution in [1.29, 1.82) is 0 Å². The van der Waals surface area contributed by atoms with Gasteiger partial charge < -0.3 is 43.5 Å². The van der Waals surface area contributed by atoms with Gasteiger partial charge in [-0.25, -0.2) is 9.97 Å². The Morgan fingerprint density at radius 1 is 0.695 bits per heavy atom. The van der Waals surface area contributed by atoms with E-state index in [2.05, 4.69) is 102 Å². The molecule has 2 fully saturated rings. The van der Waals surface area contributed by atoms with Gasteiger partial charge in [-0.3, -0.25) is 9.08 Å². The molecule has 2 saturated heterocycles. The van der Waals surface area contributed by atoms with Crippen LogP contribution in [0.1, 0.15) is 33.3 Å². The van der Waals surface area contributed by atoms with Crippen LogP contribution in [0.15, 0.2) is 74.8 Å². The van der Waals surface area contributed by atoms with E-state index in [1.807, 2.05) is 31.5 Å². The predicted molar refractivity (Wildman–Crippen MR) is 238 cm³/mol. The van der Waals surface area contributed by atoms with E-state index in [9.17, 15) is 8.42 Å². The number of piperazine rings is 2. The molecular weight excluding hydrogens is 912 g/mol. The Hall–Kier alpha value is -2.33. The van der Waals surface area contributed by atoms with Crippen molar-refractivity contribution in [3.8, 4) is 0 Å². The maximum absolute atomic E-state index is 11.8. The highest BCUT2D eigenvalue weighted by Crippen LogP contribution is 2.23. The number of halogens is 2. The van der Waals surface area contributed by atoms with Gasteiger partial charge in [-0.1, -0.05) is 49.6 Å². The van der Waals surface area contributed by atoms with Crippen LogP contribution in [0, 0.1) is 6.92 Å². The largest absolute Gasteiger partial charge is 0.375 e. The first-order valence-corrected chi connectivity index (χ1v) is 22.7. The average Bonchev–Trinajstić information content (AvgIpc) is 3.20. The molecule has 18 heteroatoms. The molecule has 1 aromatic carbocycles. The van der Waals surface area contributed by atoms with Gasteiger partial charge in [0.25, 0.3) is 10.1 Å². The Kier molecular flexibility index (Phi) is 23.2. The molecule has 3 aromatic rings. The summed E-state index contributed by atoms with van der Waals surface area (Å²) >= 11 is 7.00. The van der Waals surface area contributed by atoms with E-state index >= 15 is 0 Å². The Labute approximate surface area is 368 Å². The maximum Gasteiger partial charge on any atom is 0.297 e. The predicted octanol–water partition coefficient (Wildman–Crippen LogP) is 5.75. The van der Waals surface area contributed by atoms with Crippen molar-refractivity contribution in [3.05, 3.63) is 75.4 Å². The summed E-state index contributed by atoms with van der Waals surface area (Å²) in [5.74, 6) is 2.09. The van der Waals surface area contributed by atoms with E-state index in [1.54, 1.807) is 26.4 Å². The highest BCUT2D eigenvalue weighted by atomic mass is 79.9. The van der Waals surface area contributed by atoms with Crippen LogP contribution in [0.4, 0.5) is 11.6 Å². The number of hydrogen-bond acceptors (Lipinski definition) is 15. The van der Waals surface area contributed by atoms with Crippen LogP contribution < -0.4 is 15.1 Å². The molecule has 2 aliphatic rings. The minimum Gasteiger partial charge on any atom is -0.375 e. The summed E-state index contributed by atoms with van der Waals surface area (Å²) in [6.07, 6.45) is 2.93. The monoisotopic (exact) mass is 974 g/mol. The van der Waals surface area contributed by atoms with Gasteiger partial charge in [-0.2, -0.15) is 8.42 Å². The van der Waals surface area contributed by atoms with Crippen LogP contribution >= 0.6 is 31.9 Å². The van der Waals surface area contributed by atoms with Gasteiger partial charge in [0.05, 0.1) is 37.9 Å².